The van der Waals surface area contributed by atoms with Gasteiger partial charge in [0, 0.05) is 11.8 Å². The first-order chi connectivity index (χ1) is 9.39. The Morgan fingerprint density at radius 3 is 2.50 bits per heavy atom. The van der Waals surface area contributed by atoms with E-state index in [2.05, 4.69) is 36.0 Å². The van der Waals surface area contributed by atoms with E-state index in [0.717, 1.165) is 6.42 Å². The summed E-state index contributed by atoms with van der Waals surface area (Å²) in [7, 11) is 0. The molecular weight excluding hydrogens is 282 g/mol. The number of hydrogen-bond acceptors (Lipinski definition) is 8. The number of aliphatic hydroxyl groups is 1. The molecule has 108 valence electrons. The average Bonchev–Trinajstić information content (AvgIpc) is 2.95. The fourth-order valence-electron chi connectivity index (χ4n) is 1.34. The summed E-state index contributed by atoms with van der Waals surface area (Å²) in [5, 5.41) is 19.3. The largest absolute Gasteiger partial charge is 0.419 e. The first-order valence-electron chi connectivity index (χ1n) is 5.77. The molecule has 0 unspecified atom stereocenters. The van der Waals surface area contributed by atoms with Crippen LogP contribution in [-0.2, 0) is 22.6 Å². The number of aliphatic hydroxyl groups excluding tert-OH is 1. The van der Waals surface area contributed by atoms with Crippen LogP contribution in [0.3, 0.4) is 0 Å². The van der Waals surface area contributed by atoms with Crippen LogP contribution in [0.15, 0.2) is 9.80 Å². The van der Waals surface area contributed by atoms with E-state index >= 15 is 0 Å². The highest BCUT2D eigenvalue weighted by Crippen LogP contribution is 2.25. The van der Waals surface area contributed by atoms with Crippen molar-refractivity contribution in [3.05, 3.63) is 17.0 Å². The molecule has 0 amide bonds. The molecule has 0 radical (unpaired) electrons. The second kappa shape index (κ2) is 7.04. The second-order valence-electron chi connectivity index (χ2n) is 5.12. The number of aromatic nitrogens is 3. The number of hydrogen-bond donors (Lipinski definition) is 1. The summed E-state index contributed by atoms with van der Waals surface area (Å²) < 4.78 is 5.55. The molecule has 0 aliphatic carbocycles. The van der Waals surface area contributed by atoms with E-state index in [9.17, 15) is 0 Å². The van der Waals surface area contributed by atoms with Gasteiger partial charge < -0.3 is 9.52 Å². The lowest BCUT2D eigenvalue weighted by Crippen LogP contribution is -2.09. The Hall–Kier alpha value is -1.89. The highest BCUT2D eigenvalue weighted by molar-refractivity contribution is 7.13. The second-order valence-corrected chi connectivity index (χ2v) is 5.98. The Labute approximate surface area is 119 Å². The molecule has 2 aromatic heterocycles. The molecule has 0 saturated heterocycles. The maximum Gasteiger partial charge on any atom is 0.373 e. The summed E-state index contributed by atoms with van der Waals surface area (Å²) in [6.07, 6.45) is 0.984. The Morgan fingerprint density at radius 1 is 1.35 bits per heavy atom. The van der Waals surface area contributed by atoms with Crippen molar-refractivity contribution in [1.82, 2.24) is 15.2 Å². The molecular formula is C12H15N3O4S. The molecule has 0 spiro atoms. The van der Waals surface area contributed by atoms with Crippen molar-refractivity contribution in [3.8, 4) is 10.9 Å². The van der Waals surface area contributed by atoms with Crippen LogP contribution in [0.5, 0.6) is 0 Å². The average molecular weight is 297 g/mol. The molecule has 2 rings (SSSR count). The predicted molar refractivity (Wildman–Crippen MR) is 69.5 cm³/mol. The van der Waals surface area contributed by atoms with Crippen molar-refractivity contribution < 1.29 is 19.1 Å². The van der Waals surface area contributed by atoms with Crippen LogP contribution in [0.4, 0.5) is 0 Å². The molecule has 0 aromatic carbocycles. The minimum absolute atomic E-state index is 0.0700. The van der Waals surface area contributed by atoms with Gasteiger partial charge in [0.2, 0.25) is 5.89 Å². The predicted octanol–water partition coefficient (Wildman–Crippen LogP) is 1.69. The standard InChI is InChI=1S/C11H15N3O2S.CO2/c1-11(2,3)4-8-13-14-9(16-8)10-12-7(5-15)6-17-10;2-1-3/h6,15H,4-5H2,1-3H3;. The molecule has 0 bridgehead atoms. The van der Waals surface area contributed by atoms with Crippen LogP contribution in [0.25, 0.3) is 10.9 Å². The fourth-order valence-corrected chi connectivity index (χ4v) is 2.07. The third-order valence-corrected chi connectivity index (χ3v) is 2.92. The van der Waals surface area contributed by atoms with Gasteiger partial charge in [0.15, 0.2) is 5.01 Å². The van der Waals surface area contributed by atoms with Gasteiger partial charge in [0.25, 0.3) is 5.89 Å². The van der Waals surface area contributed by atoms with Crippen molar-refractivity contribution in [2.45, 2.75) is 33.8 Å². The minimum Gasteiger partial charge on any atom is -0.419 e. The van der Waals surface area contributed by atoms with E-state index in [1.807, 2.05) is 0 Å². The molecule has 0 saturated carbocycles. The summed E-state index contributed by atoms with van der Waals surface area (Å²) in [4.78, 5) is 20.4. The van der Waals surface area contributed by atoms with Gasteiger partial charge in [-0.2, -0.15) is 9.59 Å². The van der Waals surface area contributed by atoms with Crippen molar-refractivity contribution in [1.29, 1.82) is 0 Å². The minimum atomic E-state index is -0.0700. The molecule has 0 atom stereocenters. The Bertz CT molecular complexity index is 580. The van der Waals surface area contributed by atoms with Crippen LogP contribution in [0, 0.1) is 5.41 Å². The lowest BCUT2D eigenvalue weighted by atomic mass is 9.92. The number of thiazole rings is 1. The topological polar surface area (TPSA) is 106 Å². The van der Waals surface area contributed by atoms with Crippen LogP contribution in [-0.4, -0.2) is 26.4 Å². The quantitative estimate of drug-likeness (QED) is 0.918. The maximum absolute atomic E-state index is 8.93. The van der Waals surface area contributed by atoms with E-state index in [1.165, 1.54) is 11.3 Å². The number of nitrogens with zero attached hydrogens (tertiary/aromatic N) is 3. The van der Waals surface area contributed by atoms with Crippen molar-refractivity contribution >= 4 is 17.5 Å². The summed E-state index contributed by atoms with van der Waals surface area (Å²) in [6.45, 7) is 6.28. The zero-order valence-corrected chi connectivity index (χ0v) is 12.2. The van der Waals surface area contributed by atoms with Gasteiger partial charge >= 0.3 is 6.15 Å². The zero-order valence-electron chi connectivity index (χ0n) is 11.4. The molecule has 2 aromatic rings. The van der Waals surface area contributed by atoms with Crippen LogP contribution >= 0.6 is 11.3 Å². The normalized spacial score (nSPS) is 10.6. The van der Waals surface area contributed by atoms with E-state index in [1.54, 1.807) is 5.38 Å². The highest BCUT2D eigenvalue weighted by atomic mass is 32.1. The van der Waals surface area contributed by atoms with Gasteiger partial charge in [-0.25, -0.2) is 4.98 Å². The van der Waals surface area contributed by atoms with Gasteiger partial charge in [-0.1, -0.05) is 20.8 Å². The first kappa shape index (κ1) is 16.2. The molecule has 0 aliphatic heterocycles. The third-order valence-electron chi connectivity index (χ3n) is 2.05. The summed E-state index contributed by atoms with van der Waals surface area (Å²) >= 11 is 1.39. The van der Waals surface area contributed by atoms with E-state index < -0.39 is 0 Å². The molecule has 0 aliphatic rings. The lowest BCUT2D eigenvalue weighted by Gasteiger charge is -2.14. The molecule has 0 fully saturated rings. The number of carbonyl (C=O) groups excluding carboxylic acids is 2. The zero-order chi connectivity index (χ0) is 15.2. The van der Waals surface area contributed by atoms with Gasteiger partial charge in [0.05, 0.1) is 12.3 Å². The Balaban J connectivity index is 0.000000612. The molecule has 2 heterocycles. The third kappa shape index (κ3) is 5.00. The monoisotopic (exact) mass is 297 g/mol. The molecule has 8 heteroatoms. The SMILES string of the molecule is CC(C)(C)Cc1nnc(-c2nc(CO)cs2)o1.O=C=O. The Morgan fingerprint density at radius 2 is 2.00 bits per heavy atom. The van der Waals surface area contributed by atoms with E-state index in [4.69, 9.17) is 19.1 Å². The van der Waals surface area contributed by atoms with Crippen molar-refractivity contribution in [2.24, 2.45) is 5.41 Å². The van der Waals surface area contributed by atoms with Gasteiger partial charge in [-0.05, 0) is 5.41 Å². The van der Waals surface area contributed by atoms with Crippen molar-refractivity contribution in [3.63, 3.8) is 0 Å². The van der Waals surface area contributed by atoms with Gasteiger partial charge in [0.1, 0.15) is 0 Å². The summed E-state index contributed by atoms with van der Waals surface area (Å²) in [5.74, 6) is 1.04. The highest BCUT2D eigenvalue weighted by Gasteiger charge is 2.18. The Kier molecular flexibility index (Phi) is 5.69. The number of rotatable bonds is 3. The summed E-state index contributed by atoms with van der Waals surface area (Å²) in [6, 6.07) is 0. The van der Waals surface area contributed by atoms with E-state index in [-0.39, 0.29) is 18.2 Å². The van der Waals surface area contributed by atoms with Crippen LogP contribution in [0.1, 0.15) is 32.4 Å². The molecule has 7 nitrogen and oxygen atoms in total. The maximum atomic E-state index is 8.93. The van der Waals surface area contributed by atoms with Gasteiger partial charge in [-0.3, -0.25) is 0 Å². The summed E-state index contributed by atoms with van der Waals surface area (Å²) in [5.41, 5.74) is 0.740. The molecule has 20 heavy (non-hydrogen) atoms. The van der Waals surface area contributed by atoms with Crippen LogP contribution in [0.2, 0.25) is 0 Å². The first-order valence-corrected chi connectivity index (χ1v) is 6.65. The van der Waals surface area contributed by atoms with Gasteiger partial charge in [-0.15, -0.1) is 21.5 Å². The van der Waals surface area contributed by atoms with Crippen LogP contribution < -0.4 is 0 Å². The molecule has 1 N–H and O–H groups in total. The smallest absolute Gasteiger partial charge is 0.373 e. The lowest BCUT2D eigenvalue weighted by molar-refractivity contribution is -0.191. The fraction of sp³-hybridized carbons (Fsp3) is 0.500. The van der Waals surface area contributed by atoms with E-state index in [0.29, 0.717) is 22.5 Å². The van der Waals surface area contributed by atoms with Crippen molar-refractivity contribution in [2.75, 3.05) is 0 Å².